The number of nitrogens with one attached hydrogen (secondary N) is 1. The number of amides is 1. The minimum Gasteiger partial charge on any atom is -0.478 e. The lowest BCUT2D eigenvalue weighted by molar-refractivity contribution is -0.116. The van der Waals surface area contributed by atoms with Crippen molar-refractivity contribution >= 4 is 17.6 Å². The number of rotatable bonds is 6. The van der Waals surface area contributed by atoms with Gasteiger partial charge in [-0.2, -0.15) is 0 Å². The Hall–Kier alpha value is -2.28. The van der Waals surface area contributed by atoms with Gasteiger partial charge in [0.15, 0.2) is 0 Å². The predicted octanol–water partition coefficient (Wildman–Crippen LogP) is 2.83. The molecule has 0 heterocycles. The number of benzene rings is 1. The van der Waals surface area contributed by atoms with Crippen LogP contribution < -0.4 is 5.32 Å². The lowest BCUT2D eigenvalue weighted by atomic mass is 10.1. The second kappa shape index (κ2) is 7.22. The molecule has 1 aromatic rings. The van der Waals surface area contributed by atoms with Crippen molar-refractivity contribution in [1.29, 1.82) is 0 Å². The van der Waals surface area contributed by atoms with E-state index < -0.39 is 5.97 Å². The van der Waals surface area contributed by atoms with Crippen molar-refractivity contribution in [3.05, 3.63) is 29.3 Å². The number of carbonyl (C=O) groups excluding carboxylic acids is 1. The van der Waals surface area contributed by atoms with Gasteiger partial charge in [0.25, 0.3) is 0 Å². The summed E-state index contributed by atoms with van der Waals surface area (Å²) in [5.41, 5.74) is 1.54. The standard InChI is InChI=1S/C15H17NO3/c1-3-4-5-6-7-14(17)16-13-10-12(15(18)19)9-8-11(13)2/h1,8-10H,4-7H2,2H3,(H,16,17)(H,18,19). The summed E-state index contributed by atoms with van der Waals surface area (Å²) in [7, 11) is 0. The molecule has 0 radical (unpaired) electrons. The van der Waals surface area contributed by atoms with Gasteiger partial charge in [-0.25, -0.2) is 4.79 Å². The van der Waals surface area contributed by atoms with Crippen molar-refractivity contribution in [1.82, 2.24) is 0 Å². The quantitative estimate of drug-likeness (QED) is 0.609. The summed E-state index contributed by atoms with van der Waals surface area (Å²) in [4.78, 5) is 22.6. The van der Waals surface area contributed by atoms with Gasteiger partial charge in [0, 0.05) is 18.5 Å². The third-order valence-corrected chi connectivity index (χ3v) is 2.73. The molecule has 0 spiro atoms. The molecule has 0 atom stereocenters. The zero-order chi connectivity index (χ0) is 14.3. The molecule has 1 amide bonds. The average Bonchev–Trinajstić information content (AvgIpc) is 2.37. The molecule has 4 nitrogen and oxygen atoms in total. The van der Waals surface area contributed by atoms with Crippen LogP contribution in [0.15, 0.2) is 18.2 Å². The molecule has 2 N–H and O–H groups in total. The van der Waals surface area contributed by atoms with Gasteiger partial charge in [-0.1, -0.05) is 6.07 Å². The molecule has 1 rings (SSSR count). The second-order valence-corrected chi connectivity index (χ2v) is 4.29. The minimum absolute atomic E-state index is 0.123. The summed E-state index contributed by atoms with van der Waals surface area (Å²) >= 11 is 0. The molecule has 0 unspecified atom stereocenters. The van der Waals surface area contributed by atoms with Crippen molar-refractivity contribution in [2.24, 2.45) is 0 Å². The maximum Gasteiger partial charge on any atom is 0.335 e. The topological polar surface area (TPSA) is 66.4 Å². The Balaban J connectivity index is 2.61. The van der Waals surface area contributed by atoms with Crippen molar-refractivity contribution < 1.29 is 14.7 Å². The summed E-state index contributed by atoms with van der Waals surface area (Å²) in [6.07, 6.45) is 7.73. The van der Waals surface area contributed by atoms with Gasteiger partial charge in [-0.15, -0.1) is 12.3 Å². The number of aryl methyl sites for hydroxylation is 1. The SMILES string of the molecule is C#CCCCCC(=O)Nc1cc(C(=O)O)ccc1C. The second-order valence-electron chi connectivity index (χ2n) is 4.29. The summed E-state index contributed by atoms with van der Waals surface area (Å²) in [6.45, 7) is 1.82. The predicted molar refractivity (Wildman–Crippen MR) is 74.1 cm³/mol. The zero-order valence-corrected chi connectivity index (χ0v) is 10.9. The van der Waals surface area contributed by atoms with Crippen molar-refractivity contribution in [2.45, 2.75) is 32.6 Å². The summed E-state index contributed by atoms with van der Waals surface area (Å²) < 4.78 is 0. The van der Waals surface area contributed by atoms with Crippen LogP contribution in [0.5, 0.6) is 0 Å². The molecule has 0 bridgehead atoms. The molecule has 0 aromatic heterocycles. The Morgan fingerprint density at radius 3 is 2.74 bits per heavy atom. The van der Waals surface area contributed by atoms with Gasteiger partial charge in [0.2, 0.25) is 5.91 Å². The number of terminal acetylenes is 1. The maximum absolute atomic E-state index is 11.7. The van der Waals surface area contributed by atoms with Gasteiger partial charge >= 0.3 is 5.97 Å². The van der Waals surface area contributed by atoms with Crippen LogP contribution in [0, 0.1) is 19.3 Å². The first-order valence-corrected chi connectivity index (χ1v) is 6.12. The summed E-state index contributed by atoms with van der Waals surface area (Å²) in [5.74, 6) is 1.39. The van der Waals surface area contributed by atoms with Gasteiger partial charge in [0.1, 0.15) is 0 Å². The van der Waals surface area contributed by atoms with E-state index in [1.165, 1.54) is 12.1 Å². The molecule has 100 valence electrons. The van der Waals surface area contributed by atoms with E-state index in [0.717, 1.165) is 18.4 Å². The van der Waals surface area contributed by atoms with E-state index in [4.69, 9.17) is 11.5 Å². The van der Waals surface area contributed by atoms with Gasteiger partial charge < -0.3 is 10.4 Å². The fourth-order valence-corrected chi connectivity index (χ4v) is 1.62. The number of carboxylic acids is 1. The molecular weight excluding hydrogens is 242 g/mol. The lowest BCUT2D eigenvalue weighted by Crippen LogP contribution is -2.12. The highest BCUT2D eigenvalue weighted by Crippen LogP contribution is 2.17. The smallest absolute Gasteiger partial charge is 0.335 e. The van der Waals surface area contributed by atoms with Crippen molar-refractivity contribution in [3.63, 3.8) is 0 Å². The average molecular weight is 259 g/mol. The number of hydrogen-bond acceptors (Lipinski definition) is 2. The normalized spacial score (nSPS) is 9.68. The summed E-state index contributed by atoms with van der Waals surface area (Å²) in [5, 5.41) is 11.6. The lowest BCUT2D eigenvalue weighted by Gasteiger charge is -2.09. The number of anilines is 1. The first kappa shape index (κ1) is 14.8. The van der Waals surface area contributed by atoms with Crippen LogP contribution in [0.25, 0.3) is 0 Å². The van der Waals surface area contributed by atoms with E-state index in [1.54, 1.807) is 6.07 Å². The van der Waals surface area contributed by atoms with Crippen LogP contribution in [0.2, 0.25) is 0 Å². The van der Waals surface area contributed by atoms with Crippen LogP contribution in [-0.4, -0.2) is 17.0 Å². The molecule has 0 fully saturated rings. The first-order chi connectivity index (χ1) is 9.04. The van der Waals surface area contributed by atoms with Crippen LogP contribution >= 0.6 is 0 Å². The minimum atomic E-state index is -1.01. The Kier molecular flexibility index (Phi) is 5.62. The fourth-order valence-electron chi connectivity index (χ4n) is 1.62. The molecule has 0 aliphatic carbocycles. The van der Waals surface area contributed by atoms with E-state index >= 15 is 0 Å². The van der Waals surface area contributed by atoms with Crippen molar-refractivity contribution in [3.8, 4) is 12.3 Å². The number of carboxylic acid groups (broad SMARTS) is 1. The van der Waals surface area contributed by atoms with E-state index in [9.17, 15) is 9.59 Å². The first-order valence-electron chi connectivity index (χ1n) is 6.12. The van der Waals surface area contributed by atoms with Crippen LogP contribution in [0.4, 0.5) is 5.69 Å². The molecule has 19 heavy (non-hydrogen) atoms. The Labute approximate surface area is 112 Å². The highest BCUT2D eigenvalue weighted by atomic mass is 16.4. The Bertz CT molecular complexity index is 515. The Morgan fingerprint density at radius 2 is 2.11 bits per heavy atom. The number of carbonyl (C=O) groups is 2. The van der Waals surface area contributed by atoms with E-state index in [1.807, 2.05) is 6.92 Å². The van der Waals surface area contributed by atoms with E-state index in [-0.39, 0.29) is 11.5 Å². The molecule has 0 aliphatic rings. The third-order valence-electron chi connectivity index (χ3n) is 2.73. The number of unbranched alkanes of at least 4 members (excludes halogenated alkanes) is 2. The molecule has 0 saturated carbocycles. The molecule has 0 aliphatic heterocycles. The number of hydrogen-bond donors (Lipinski definition) is 2. The van der Waals surface area contributed by atoms with Gasteiger partial charge in [0.05, 0.1) is 5.56 Å². The van der Waals surface area contributed by atoms with E-state index in [2.05, 4.69) is 11.2 Å². The summed E-state index contributed by atoms with van der Waals surface area (Å²) in [6, 6.07) is 4.66. The van der Waals surface area contributed by atoms with Crippen LogP contribution in [0.3, 0.4) is 0 Å². The van der Waals surface area contributed by atoms with E-state index in [0.29, 0.717) is 18.5 Å². The maximum atomic E-state index is 11.7. The van der Waals surface area contributed by atoms with Gasteiger partial charge in [-0.05, 0) is 37.5 Å². The molecule has 1 aromatic carbocycles. The van der Waals surface area contributed by atoms with Crippen molar-refractivity contribution in [2.75, 3.05) is 5.32 Å². The highest BCUT2D eigenvalue weighted by Gasteiger charge is 2.08. The molecule has 0 saturated heterocycles. The zero-order valence-electron chi connectivity index (χ0n) is 10.9. The Morgan fingerprint density at radius 1 is 1.37 bits per heavy atom. The van der Waals surface area contributed by atoms with Crippen LogP contribution in [0.1, 0.15) is 41.6 Å². The highest BCUT2D eigenvalue weighted by molar-refractivity contribution is 5.94. The fraction of sp³-hybridized carbons (Fsp3) is 0.333. The largest absolute Gasteiger partial charge is 0.478 e. The third kappa shape index (κ3) is 4.84. The van der Waals surface area contributed by atoms with Crippen LogP contribution in [-0.2, 0) is 4.79 Å². The monoisotopic (exact) mass is 259 g/mol. The molecule has 4 heteroatoms. The number of aromatic carboxylic acids is 1. The van der Waals surface area contributed by atoms with Gasteiger partial charge in [-0.3, -0.25) is 4.79 Å². The molecular formula is C15H17NO3.